The summed E-state index contributed by atoms with van der Waals surface area (Å²) in [6.07, 6.45) is -13.1. The summed E-state index contributed by atoms with van der Waals surface area (Å²) in [6.45, 7) is -0.288. The van der Waals surface area contributed by atoms with Crippen LogP contribution in [0.15, 0.2) is 47.4 Å². The van der Waals surface area contributed by atoms with Crippen molar-refractivity contribution in [3.05, 3.63) is 65.0 Å². The van der Waals surface area contributed by atoms with Crippen LogP contribution in [0.1, 0.15) is 55.2 Å². The third kappa shape index (κ3) is 5.29. The Bertz CT molecular complexity index is 1640. The van der Waals surface area contributed by atoms with E-state index in [-0.39, 0.29) is 75.3 Å². The summed E-state index contributed by atoms with van der Waals surface area (Å²) in [5.41, 5.74) is -9.16. The molecule has 1 aliphatic heterocycles. The third-order valence-electron chi connectivity index (χ3n) is 10.1. The Morgan fingerprint density at radius 3 is 2.06 bits per heavy atom. The lowest BCUT2D eigenvalue weighted by molar-refractivity contribution is -0.348. The molecule has 0 bridgehead atoms. The van der Waals surface area contributed by atoms with Gasteiger partial charge in [0.15, 0.2) is 9.84 Å². The molecule has 2 fully saturated rings. The molecule has 7 nitrogen and oxygen atoms in total. The maximum atomic E-state index is 15.1. The van der Waals surface area contributed by atoms with Gasteiger partial charge in [-0.15, -0.1) is 0 Å². The molecule has 0 aromatic heterocycles. The van der Waals surface area contributed by atoms with Crippen molar-refractivity contribution in [2.75, 3.05) is 20.3 Å². The minimum Gasteiger partial charge on any atom is -0.481 e. The van der Waals surface area contributed by atoms with Gasteiger partial charge >= 0.3 is 24.0 Å². The number of carbonyl (C=O) groups excluding carboxylic acids is 1. The molecule has 2 aromatic rings. The number of hydrogen-bond donors (Lipinski definition) is 1. The summed E-state index contributed by atoms with van der Waals surface area (Å²) >= 11 is 0. The van der Waals surface area contributed by atoms with E-state index in [4.69, 9.17) is 4.74 Å². The minimum absolute atomic E-state index is 0.105. The van der Waals surface area contributed by atoms with Gasteiger partial charge in [0.1, 0.15) is 10.6 Å². The molecule has 0 radical (unpaired) electrons. The van der Waals surface area contributed by atoms with Crippen LogP contribution in [0, 0.1) is 17.2 Å². The maximum absolute atomic E-state index is 15.1. The molecule has 2 aromatic carbocycles. The number of likely N-dealkylation sites (tertiary alicyclic amines) is 1. The molecule has 2 atom stereocenters. The van der Waals surface area contributed by atoms with Crippen molar-refractivity contribution in [2.45, 2.75) is 78.7 Å². The van der Waals surface area contributed by atoms with Crippen LogP contribution in [-0.4, -0.2) is 69.0 Å². The molecule has 1 saturated heterocycles. The Hall–Kier alpha value is -3.27. The molecule has 258 valence electrons. The normalized spacial score (nSPS) is 26.9. The van der Waals surface area contributed by atoms with E-state index in [0.717, 1.165) is 30.3 Å². The second-order valence-electron chi connectivity index (χ2n) is 12.5. The number of rotatable bonds is 7. The van der Waals surface area contributed by atoms with Crippen molar-refractivity contribution >= 4 is 21.7 Å². The maximum Gasteiger partial charge on any atom is 0.435 e. The Labute approximate surface area is 264 Å². The number of alkyl halides is 7. The number of methoxy groups -OCH3 is 1. The van der Waals surface area contributed by atoms with Crippen molar-refractivity contribution in [1.82, 2.24) is 4.90 Å². The van der Waals surface area contributed by atoms with Crippen LogP contribution in [0.3, 0.4) is 0 Å². The van der Waals surface area contributed by atoms with Gasteiger partial charge in [0, 0.05) is 19.2 Å². The fourth-order valence-corrected chi connectivity index (χ4v) is 10.1. The first kappa shape index (κ1) is 35.0. The molecule has 3 aliphatic rings. The SMILES string of the molecule is COCC1(C(=O)N2CC[C@]3(S(=O)(=O)c4ccc(F)cc4)c4ccc(C(F)(C(F)(F)F)C(F)(F)F)cc4CC[C@H]23)CCC(C(=O)O)CC1. The van der Waals surface area contributed by atoms with Crippen LogP contribution >= 0.6 is 0 Å². The number of carboxylic acid groups (broad SMARTS) is 1. The summed E-state index contributed by atoms with van der Waals surface area (Å²) in [5, 5.41) is 9.48. The Morgan fingerprint density at radius 1 is 0.936 bits per heavy atom. The highest BCUT2D eigenvalue weighted by atomic mass is 32.2. The number of nitrogens with zero attached hydrogens (tertiary/aromatic N) is 1. The van der Waals surface area contributed by atoms with Crippen LogP contribution in [0.2, 0.25) is 0 Å². The number of halogens is 8. The summed E-state index contributed by atoms with van der Waals surface area (Å²) in [4.78, 5) is 26.9. The molecule has 1 saturated carbocycles. The fraction of sp³-hybridized carbons (Fsp3) is 0.548. The van der Waals surface area contributed by atoms with Crippen molar-refractivity contribution < 1.29 is 63.0 Å². The highest BCUT2D eigenvalue weighted by Crippen LogP contribution is 2.57. The highest BCUT2D eigenvalue weighted by Gasteiger charge is 2.74. The molecule has 47 heavy (non-hydrogen) atoms. The van der Waals surface area contributed by atoms with Crippen LogP contribution in [0.25, 0.3) is 0 Å². The number of amides is 1. The number of fused-ring (bicyclic) bond motifs is 3. The lowest BCUT2D eigenvalue weighted by Gasteiger charge is -2.46. The second kappa shape index (κ2) is 11.7. The Kier molecular flexibility index (Phi) is 8.73. The number of aliphatic carboxylic acids is 1. The molecular formula is C31H31F8NO6S. The van der Waals surface area contributed by atoms with Gasteiger partial charge in [-0.2, -0.15) is 26.3 Å². The highest BCUT2D eigenvalue weighted by molar-refractivity contribution is 7.92. The van der Waals surface area contributed by atoms with Gasteiger partial charge in [-0.25, -0.2) is 17.2 Å². The number of aryl methyl sites for hydroxylation is 1. The van der Waals surface area contributed by atoms with Gasteiger partial charge in [-0.1, -0.05) is 18.2 Å². The summed E-state index contributed by atoms with van der Waals surface area (Å²) < 4.78 is 143. The van der Waals surface area contributed by atoms with Gasteiger partial charge in [0.05, 0.1) is 28.9 Å². The van der Waals surface area contributed by atoms with Gasteiger partial charge in [-0.05, 0) is 80.3 Å². The predicted molar refractivity (Wildman–Crippen MR) is 149 cm³/mol. The molecular weight excluding hydrogens is 666 g/mol. The molecule has 5 rings (SSSR count). The largest absolute Gasteiger partial charge is 0.481 e. The monoisotopic (exact) mass is 697 g/mol. The zero-order valence-electron chi connectivity index (χ0n) is 24.9. The standard InChI is InChI=1S/C31H31F8NO6S/c1-46-17-27(12-10-18(11-13-27)25(41)42)26(43)40-15-14-28(47(44,45)22-6-4-21(32)5-7-22)23-8-3-20(16-19(23)2-9-24(28)40)29(33,30(34,35)36)31(37,38)39/h3-8,16,18,24H,2,9-15,17H2,1H3,(H,41,42)/t18?,24-,27?,28-/m0/s1. The molecule has 16 heteroatoms. The number of ether oxygens (including phenoxy) is 1. The van der Waals surface area contributed by atoms with Gasteiger partial charge in [0.2, 0.25) is 5.91 Å². The number of hydrogen-bond acceptors (Lipinski definition) is 5. The average molecular weight is 698 g/mol. The summed E-state index contributed by atoms with van der Waals surface area (Å²) in [7, 11) is -3.30. The minimum atomic E-state index is -6.39. The van der Waals surface area contributed by atoms with Crippen molar-refractivity contribution in [1.29, 1.82) is 0 Å². The first-order valence-electron chi connectivity index (χ1n) is 14.8. The first-order valence-corrected chi connectivity index (χ1v) is 16.2. The van der Waals surface area contributed by atoms with E-state index in [9.17, 15) is 53.8 Å². The van der Waals surface area contributed by atoms with E-state index in [1.807, 2.05) is 0 Å². The number of sulfone groups is 1. The Morgan fingerprint density at radius 2 is 1.53 bits per heavy atom. The predicted octanol–water partition coefficient (Wildman–Crippen LogP) is 6.24. The van der Waals surface area contributed by atoms with Crippen LogP contribution in [0.4, 0.5) is 35.1 Å². The van der Waals surface area contributed by atoms with Gasteiger partial charge in [-0.3, -0.25) is 9.59 Å². The van der Waals surface area contributed by atoms with E-state index in [1.54, 1.807) is 0 Å². The van der Waals surface area contributed by atoms with E-state index in [2.05, 4.69) is 0 Å². The first-order chi connectivity index (χ1) is 21.8. The lowest BCUT2D eigenvalue weighted by atomic mass is 9.69. The Balaban J connectivity index is 1.66. The van der Waals surface area contributed by atoms with Crippen molar-refractivity contribution in [3.8, 4) is 0 Å². The topological polar surface area (TPSA) is 101 Å². The third-order valence-corrected chi connectivity index (χ3v) is 12.6. The summed E-state index contributed by atoms with van der Waals surface area (Å²) in [6, 6.07) is 3.94. The molecule has 1 N–H and O–H groups in total. The smallest absolute Gasteiger partial charge is 0.435 e. The second-order valence-corrected chi connectivity index (χ2v) is 14.7. The van der Waals surface area contributed by atoms with Crippen LogP contribution in [0.5, 0.6) is 0 Å². The van der Waals surface area contributed by atoms with Gasteiger partial charge < -0.3 is 14.7 Å². The molecule has 1 heterocycles. The molecule has 2 aliphatic carbocycles. The number of carboxylic acids is 1. The van der Waals surface area contributed by atoms with Crippen molar-refractivity contribution in [3.63, 3.8) is 0 Å². The van der Waals surface area contributed by atoms with E-state index in [0.29, 0.717) is 6.07 Å². The molecule has 0 spiro atoms. The van der Waals surface area contributed by atoms with E-state index in [1.165, 1.54) is 12.0 Å². The van der Waals surface area contributed by atoms with Crippen LogP contribution < -0.4 is 0 Å². The van der Waals surface area contributed by atoms with Crippen molar-refractivity contribution in [2.24, 2.45) is 11.3 Å². The van der Waals surface area contributed by atoms with Crippen LogP contribution in [-0.2, 0) is 41.0 Å². The summed E-state index contributed by atoms with van der Waals surface area (Å²) in [5.74, 6) is -3.00. The lowest BCUT2D eigenvalue weighted by Crippen LogP contribution is -2.56. The number of benzene rings is 2. The fourth-order valence-electron chi connectivity index (χ4n) is 7.72. The quantitative estimate of drug-likeness (QED) is 0.272. The molecule has 1 amide bonds. The number of carbonyl (C=O) groups is 2. The van der Waals surface area contributed by atoms with Gasteiger partial charge in [0.25, 0.3) is 0 Å². The average Bonchev–Trinajstić information content (AvgIpc) is 3.41. The van der Waals surface area contributed by atoms with E-state index >= 15 is 4.39 Å². The zero-order chi connectivity index (χ0) is 34.8. The van der Waals surface area contributed by atoms with E-state index < -0.39 is 78.1 Å². The zero-order valence-corrected chi connectivity index (χ0v) is 25.7. The molecule has 0 unspecified atom stereocenters.